The fourth-order valence-corrected chi connectivity index (χ4v) is 3.23. The lowest BCUT2D eigenvalue weighted by Gasteiger charge is -2.26. The Bertz CT molecular complexity index is 773. The highest BCUT2D eigenvalue weighted by molar-refractivity contribution is 7.89. The number of rotatable bonds is 2. The van der Waals surface area contributed by atoms with Gasteiger partial charge in [-0.1, -0.05) is 0 Å². The van der Waals surface area contributed by atoms with Crippen LogP contribution in [0.5, 0.6) is 0 Å². The summed E-state index contributed by atoms with van der Waals surface area (Å²) >= 11 is 0. The molecule has 3 rings (SSSR count). The topological polar surface area (TPSA) is 76.4 Å². The highest BCUT2D eigenvalue weighted by Crippen LogP contribution is 2.38. The van der Waals surface area contributed by atoms with Gasteiger partial charge in [-0.15, -0.1) is 0 Å². The van der Waals surface area contributed by atoms with E-state index in [0.717, 1.165) is 22.8 Å². The second kappa shape index (κ2) is 3.35. The maximum atomic E-state index is 11.6. The molecule has 0 amide bonds. The summed E-state index contributed by atoms with van der Waals surface area (Å²) < 4.78 is 24.3. The molecule has 0 saturated carbocycles. The van der Waals surface area contributed by atoms with Crippen molar-refractivity contribution in [1.82, 2.24) is 3.97 Å². The maximum absolute atomic E-state index is 11.6. The minimum atomic E-state index is -3.36. The molecule has 94 valence electrons. The van der Waals surface area contributed by atoms with Gasteiger partial charge in [-0.3, -0.25) is 4.79 Å². The Labute approximate surface area is 104 Å². The second-order valence-corrected chi connectivity index (χ2v) is 6.44. The molecule has 1 heterocycles. The van der Waals surface area contributed by atoms with E-state index in [1.54, 1.807) is 12.1 Å². The monoisotopic (exact) mass is 265 g/mol. The molecule has 18 heavy (non-hydrogen) atoms. The molecule has 1 N–H and O–H groups in total. The van der Waals surface area contributed by atoms with Gasteiger partial charge in [0.25, 0.3) is 0 Å². The molecule has 0 bridgehead atoms. The van der Waals surface area contributed by atoms with Gasteiger partial charge in [0.2, 0.25) is 10.0 Å². The third kappa shape index (κ3) is 1.45. The molecule has 5 nitrogen and oxygen atoms in total. The van der Waals surface area contributed by atoms with Gasteiger partial charge in [0.15, 0.2) is 0 Å². The highest BCUT2D eigenvalue weighted by Gasteiger charge is 2.33. The van der Waals surface area contributed by atoms with Gasteiger partial charge in [0.1, 0.15) is 0 Å². The normalized spacial score (nSPS) is 18.4. The molecule has 0 radical (unpaired) electrons. The SMILES string of the molecule is CS(=O)(=O)n1ccc2cc3c(cc21)C(C(=O)O)C3. The number of hydrogen-bond donors (Lipinski definition) is 1. The number of aromatic nitrogens is 1. The fraction of sp³-hybridized carbons (Fsp3) is 0.250. The van der Waals surface area contributed by atoms with Crippen molar-refractivity contribution >= 4 is 26.9 Å². The van der Waals surface area contributed by atoms with E-state index in [1.165, 1.54) is 10.2 Å². The molecule has 2 aromatic rings. The summed E-state index contributed by atoms with van der Waals surface area (Å²) in [5.74, 6) is -1.37. The quantitative estimate of drug-likeness (QED) is 0.884. The van der Waals surface area contributed by atoms with Crippen LogP contribution in [0.4, 0.5) is 0 Å². The zero-order chi connectivity index (χ0) is 13.1. The van der Waals surface area contributed by atoms with Crippen LogP contribution in [0.3, 0.4) is 0 Å². The lowest BCUT2D eigenvalue weighted by atomic mass is 9.77. The number of hydrogen-bond acceptors (Lipinski definition) is 3. The second-order valence-electron chi connectivity index (χ2n) is 4.58. The molecular weight excluding hydrogens is 254 g/mol. The van der Waals surface area contributed by atoms with Crippen LogP contribution < -0.4 is 0 Å². The van der Waals surface area contributed by atoms with Gasteiger partial charge in [-0.2, -0.15) is 0 Å². The molecule has 6 heteroatoms. The van der Waals surface area contributed by atoms with Crippen molar-refractivity contribution in [2.45, 2.75) is 12.3 Å². The fourth-order valence-electron chi connectivity index (χ4n) is 2.43. The Balaban J connectivity index is 2.25. The number of carbonyl (C=O) groups is 1. The average Bonchev–Trinajstić information content (AvgIpc) is 2.62. The molecule has 1 aromatic carbocycles. The third-order valence-electron chi connectivity index (χ3n) is 3.37. The zero-order valence-corrected chi connectivity index (χ0v) is 10.4. The molecular formula is C12H11NO4S. The van der Waals surface area contributed by atoms with Crippen LogP contribution >= 0.6 is 0 Å². The van der Waals surface area contributed by atoms with Gasteiger partial charge in [0, 0.05) is 11.6 Å². The van der Waals surface area contributed by atoms with Crippen molar-refractivity contribution in [3.8, 4) is 0 Å². The minimum Gasteiger partial charge on any atom is -0.481 e. The van der Waals surface area contributed by atoms with Crippen molar-refractivity contribution in [2.24, 2.45) is 0 Å². The summed E-state index contributed by atoms with van der Waals surface area (Å²) in [5.41, 5.74) is 2.25. The van der Waals surface area contributed by atoms with E-state index in [4.69, 9.17) is 5.11 Å². The van der Waals surface area contributed by atoms with Gasteiger partial charge in [-0.05, 0) is 35.7 Å². The smallest absolute Gasteiger partial charge is 0.311 e. The summed E-state index contributed by atoms with van der Waals surface area (Å²) in [5, 5.41) is 9.83. The van der Waals surface area contributed by atoms with Crippen molar-refractivity contribution in [3.05, 3.63) is 35.5 Å². The Morgan fingerprint density at radius 1 is 1.44 bits per heavy atom. The minimum absolute atomic E-state index is 0.507. The molecule has 1 atom stereocenters. The number of aliphatic carboxylic acids is 1. The molecule has 1 unspecified atom stereocenters. The summed E-state index contributed by atoms with van der Waals surface area (Å²) in [6.07, 6.45) is 3.14. The molecule has 1 aliphatic rings. The van der Waals surface area contributed by atoms with Crippen LogP contribution in [0.25, 0.3) is 10.9 Å². The van der Waals surface area contributed by atoms with Crippen LogP contribution in [0.2, 0.25) is 0 Å². The summed E-state index contributed by atoms with van der Waals surface area (Å²) in [6.45, 7) is 0. The van der Waals surface area contributed by atoms with Crippen LogP contribution in [0.15, 0.2) is 24.4 Å². The van der Waals surface area contributed by atoms with E-state index in [9.17, 15) is 13.2 Å². The van der Waals surface area contributed by atoms with E-state index >= 15 is 0 Å². The average molecular weight is 265 g/mol. The standard InChI is InChI=1S/C12H11NO4S/c1-18(16,17)13-3-2-7-4-8-5-10(12(14)15)9(8)6-11(7)13/h2-4,6,10H,5H2,1H3,(H,14,15). The maximum Gasteiger partial charge on any atom is 0.311 e. The molecule has 0 fully saturated rings. The number of fused-ring (bicyclic) bond motifs is 2. The third-order valence-corrected chi connectivity index (χ3v) is 4.40. The van der Waals surface area contributed by atoms with E-state index in [-0.39, 0.29) is 0 Å². The van der Waals surface area contributed by atoms with E-state index in [2.05, 4.69) is 0 Å². The predicted octanol–water partition coefficient (Wildman–Crippen LogP) is 1.17. The molecule has 1 aromatic heterocycles. The van der Waals surface area contributed by atoms with Gasteiger partial charge < -0.3 is 5.11 Å². The number of benzene rings is 1. The number of carboxylic acids is 1. The Kier molecular flexibility index (Phi) is 2.10. The molecule has 0 spiro atoms. The highest BCUT2D eigenvalue weighted by atomic mass is 32.2. The van der Waals surface area contributed by atoms with Crippen molar-refractivity contribution < 1.29 is 18.3 Å². The van der Waals surface area contributed by atoms with Gasteiger partial charge >= 0.3 is 5.97 Å². The van der Waals surface area contributed by atoms with Crippen molar-refractivity contribution in [2.75, 3.05) is 6.26 Å². The van der Waals surface area contributed by atoms with Crippen LogP contribution in [-0.2, 0) is 21.2 Å². The summed E-state index contributed by atoms with van der Waals surface area (Å²) in [6, 6.07) is 5.27. The van der Waals surface area contributed by atoms with Crippen molar-refractivity contribution in [1.29, 1.82) is 0 Å². The summed E-state index contributed by atoms with van der Waals surface area (Å²) in [4.78, 5) is 11.0. The molecule has 0 aliphatic heterocycles. The van der Waals surface area contributed by atoms with E-state index < -0.39 is 21.9 Å². The van der Waals surface area contributed by atoms with Gasteiger partial charge in [0.05, 0.1) is 17.7 Å². The zero-order valence-electron chi connectivity index (χ0n) is 9.62. The van der Waals surface area contributed by atoms with Gasteiger partial charge in [-0.25, -0.2) is 12.4 Å². The Morgan fingerprint density at radius 3 is 2.78 bits per heavy atom. The Hall–Kier alpha value is -1.82. The van der Waals surface area contributed by atoms with E-state index in [0.29, 0.717) is 11.9 Å². The molecule has 0 saturated heterocycles. The Morgan fingerprint density at radius 2 is 2.17 bits per heavy atom. The predicted molar refractivity (Wildman–Crippen MR) is 66.3 cm³/mol. The van der Waals surface area contributed by atoms with Crippen molar-refractivity contribution in [3.63, 3.8) is 0 Å². The van der Waals surface area contributed by atoms with Crippen LogP contribution in [-0.4, -0.2) is 29.7 Å². The number of carboxylic acid groups (broad SMARTS) is 1. The first-order chi connectivity index (χ1) is 8.38. The van der Waals surface area contributed by atoms with Crippen LogP contribution in [0.1, 0.15) is 17.0 Å². The number of nitrogens with zero attached hydrogens (tertiary/aromatic N) is 1. The molecule has 1 aliphatic carbocycles. The largest absolute Gasteiger partial charge is 0.481 e. The lowest BCUT2D eigenvalue weighted by Crippen LogP contribution is -2.25. The first-order valence-electron chi connectivity index (χ1n) is 5.45. The van der Waals surface area contributed by atoms with Crippen LogP contribution in [0, 0.1) is 0 Å². The van der Waals surface area contributed by atoms with E-state index in [1.807, 2.05) is 6.07 Å². The lowest BCUT2D eigenvalue weighted by molar-refractivity contribution is -0.139. The first-order valence-corrected chi connectivity index (χ1v) is 7.30. The first kappa shape index (κ1) is 11.3. The summed E-state index contributed by atoms with van der Waals surface area (Å²) in [7, 11) is -3.36.